The third kappa shape index (κ3) is 9.64. The number of nitrogens with one attached hydrogen (secondary N) is 4. The third-order valence-electron chi connectivity index (χ3n) is 9.49. The third-order valence-corrected chi connectivity index (χ3v) is 9.49. The van der Waals surface area contributed by atoms with Crippen LogP contribution in [-0.4, -0.2) is 90.1 Å². The van der Waals surface area contributed by atoms with E-state index in [2.05, 4.69) is 21.4 Å². The summed E-state index contributed by atoms with van der Waals surface area (Å²) >= 11 is 0. The van der Waals surface area contributed by atoms with Crippen LogP contribution in [0.25, 0.3) is 5.70 Å². The highest BCUT2D eigenvalue weighted by Gasteiger charge is 2.54. The van der Waals surface area contributed by atoms with Crippen molar-refractivity contribution in [1.82, 2.24) is 26.3 Å². The number of likely N-dealkylation sites (tertiary alicyclic amines) is 1. The molecule has 4 N–H and O–H groups in total. The van der Waals surface area contributed by atoms with Crippen LogP contribution < -0.4 is 21.4 Å². The highest BCUT2D eigenvalue weighted by atomic mass is 19.4. The maximum Gasteiger partial charge on any atom is 0.416 e. The average molecular weight is 776 g/mol. The predicted octanol–water partition coefficient (Wildman–Crippen LogP) is 4.00. The fraction of sp³-hybridized carbons (Fsp3) is 0.629. The number of rotatable bonds is 11. The molecule has 54 heavy (non-hydrogen) atoms. The summed E-state index contributed by atoms with van der Waals surface area (Å²) in [6, 6.07) is -3.21. The lowest BCUT2D eigenvalue weighted by atomic mass is 9.85. The first kappa shape index (κ1) is 40.8. The molecule has 0 radical (unpaired) electrons. The molecule has 0 bridgehead atoms. The Balaban J connectivity index is 1.48. The molecular formula is C35H43F6N5O8. The second-order valence-corrected chi connectivity index (χ2v) is 15.1. The molecule has 2 saturated heterocycles. The SMILES string of the molecule is CCC[C@H](NC(=O)[C@@H]1C[C@@]2(C=C(c3cc(C(F)(F)F)cc(C(F)(F)F)c3)NO2)CN1C(=O)[C@@H](NC(=O)O[C@H]1CCOC1)C(C)(C)C)C(=O)C(=O)NC1CC1. The number of nitrogens with zero attached hydrogens (tertiary/aromatic N) is 1. The van der Waals surface area contributed by atoms with E-state index < -0.39 is 100 Å². The first-order chi connectivity index (χ1) is 25.1. The van der Waals surface area contributed by atoms with Crippen molar-refractivity contribution in [3.05, 3.63) is 41.0 Å². The van der Waals surface area contributed by atoms with Crippen molar-refractivity contribution in [3.8, 4) is 0 Å². The van der Waals surface area contributed by atoms with Crippen LogP contribution in [0.15, 0.2) is 24.3 Å². The molecule has 298 valence electrons. The van der Waals surface area contributed by atoms with Gasteiger partial charge in [0.2, 0.25) is 17.6 Å². The van der Waals surface area contributed by atoms with Gasteiger partial charge in [-0.05, 0) is 49.0 Å². The number of benzene rings is 1. The minimum Gasteiger partial charge on any atom is -0.444 e. The van der Waals surface area contributed by atoms with Crippen molar-refractivity contribution in [2.75, 3.05) is 19.8 Å². The van der Waals surface area contributed by atoms with Gasteiger partial charge in [0.15, 0.2) is 0 Å². The van der Waals surface area contributed by atoms with Crippen LogP contribution in [0.1, 0.15) is 82.9 Å². The Hall–Kier alpha value is -4.39. The van der Waals surface area contributed by atoms with Gasteiger partial charge < -0.3 is 30.3 Å². The fourth-order valence-corrected chi connectivity index (χ4v) is 6.47. The number of amides is 4. The van der Waals surface area contributed by atoms with E-state index in [1.165, 1.54) is 6.08 Å². The van der Waals surface area contributed by atoms with E-state index in [0.717, 1.165) is 4.90 Å². The van der Waals surface area contributed by atoms with Gasteiger partial charge in [0.25, 0.3) is 5.91 Å². The topological polar surface area (TPSA) is 164 Å². The summed E-state index contributed by atoms with van der Waals surface area (Å²) in [4.78, 5) is 74.1. The van der Waals surface area contributed by atoms with E-state index in [4.69, 9.17) is 14.3 Å². The maximum atomic E-state index is 14.4. The van der Waals surface area contributed by atoms with Gasteiger partial charge in [-0.25, -0.2) is 4.79 Å². The number of Topliss-reactive ketones (excluding diaryl/α,β-unsaturated/α-hetero) is 1. The Bertz CT molecular complexity index is 1640. The van der Waals surface area contributed by atoms with Crippen LogP contribution in [0.2, 0.25) is 0 Å². The van der Waals surface area contributed by atoms with Crippen molar-refractivity contribution in [2.24, 2.45) is 5.41 Å². The smallest absolute Gasteiger partial charge is 0.416 e. The zero-order valence-electron chi connectivity index (χ0n) is 30.0. The van der Waals surface area contributed by atoms with Gasteiger partial charge in [-0.15, -0.1) is 0 Å². The Kier molecular flexibility index (Phi) is 11.6. The van der Waals surface area contributed by atoms with Crippen LogP contribution in [-0.2, 0) is 45.8 Å². The Morgan fingerprint density at radius 1 is 0.981 bits per heavy atom. The van der Waals surface area contributed by atoms with Crippen LogP contribution >= 0.6 is 0 Å². The minimum absolute atomic E-state index is 0.0186. The molecule has 1 spiro atoms. The number of carbonyl (C=O) groups is 5. The first-order valence-corrected chi connectivity index (χ1v) is 17.6. The molecule has 1 aromatic rings. The van der Waals surface area contributed by atoms with Crippen molar-refractivity contribution in [2.45, 2.75) is 114 Å². The molecule has 3 fully saturated rings. The molecule has 0 unspecified atom stereocenters. The monoisotopic (exact) mass is 775 g/mol. The largest absolute Gasteiger partial charge is 0.444 e. The molecule has 1 aromatic carbocycles. The highest BCUT2D eigenvalue weighted by molar-refractivity contribution is 6.38. The summed E-state index contributed by atoms with van der Waals surface area (Å²) in [5, 5.41) is 7.71. The maximum absolute atomic E-state index is 14.4. The van der Waals surface area contributed by atoms with Gasteiger partial charge in [-0.1, -0.05) is 34.1 Å². The molecule has 1 aliphatic carbocycles. The number of ether oxygens (including phenoxy) is 2. The molecule has 0 aromatic heterocycles. The first-order valence-electron chi connectivity index (χ1n) is 17.6. The zero-order valence-corrected chi connectivity index (χ0v) is 30.0. The summed E-state index contributed by atoms with van der Waals surface area (Å²) in [6.07, 6.45) is -8.65. The van der Waals surface area contributed by atoms with Crippen LogP contribution in [0.5, 0.6) is 0 Å². The van der Waals surface area contributed by atoms with E-state index in [1.807, 2.05) is 0 Å². The molecule has 4 aliphatic rings. The molecule has 3 heterocycles. The van der Waals surface area contributed by atoms with Crippen LogP contribution in [0.3, 0.4) is 0 Å². The summed E-state index contributed by atoms with van der Waals surface area (Å²) in [5.41, 5.74) is -4.25. The minimum atomic E-state index is -5.13. The molecule has 5 atom stereocenters. The molecule has 19 heteroatoms. The second kappa shape index (κ2) is 15.4. The average Bonchev–Trinajstić information content (AvgIpc) is 3.42. The Labute approximate surface area is 306 Å². The van der Waals surface area contributed by atoms with E-state index in [0.29, 0.717) is 44.4 Å². The lowest BCUT2D eigenvalue weighted by Crippen LogP contribution is -2.59. The van der Waals surface area contributed by atoms with Crippen LogP contribution in [0.4, 0.5) is 31.1 Å². The van der Waals surface area contributed by atoms with Crippen molar-refractivity contribution < 1.29 is 64.6 Å². The molecule has 13 nitrogen and oxygen atoms in total. The van der Waals surface area contributed by atoms with Crippen LogP contribution in [0, 0.1) is 5.41 Å². The van der Waals surface area contributed by atoms with Gasteiger partial charge in [-0.3, -0.25) is 29.5 Å². The van der Waals surface area contributed by atoms with Gasteiger partial charge in [0.1, 0.15) is 23.8 Å². The molecular weight excluding hydrogens is 732 g/mol. The van der Waals surface area contributed by atoms with Gasteiger partial charge in [-0.2, -0.15) is 26.3 Å². The number of hydroxylamine groups is 1. The molecule has 5 rings (SSSR count). The van der Waals surface area contributed by atoms with Crippen molar-refractivity contribution >= 4 is 35.3 Å². The van der Waals surface area contributed by atoms with E-state index >= 15 is 0 Å². The zero-order chi connectivity index (χ0) is 39.8. The number of hydrogen-bond acceptors (Lipinski definition) is 9. The normalized spacial score (nSPS) is 24.0. The summed E-state index contributed by atoms with van der Waals surface area (Å²) < 4.78 is 92.7. The molecule has 4 amide bonds. The van der Waals surface area contributed by atoms with Crippen molar-refractivity contribution in [1.29, 1.82) is 0 Å². The quantitative estimate of drug-likeness (QED) is 0.192. The van der Waals surface area contributed by atoms with E-state index in [-0.39, 0.29) is 37.3 Å². The lowest BCUT2D eigenvalue weighted by Gasteiger charge is -2.35. The molecule has 1 saturated carbocycles. The number of carbonyl (C=O) groups excluding carboxylic acids is 5. The Morgan fingerprint density at radius 3 is 2.17 bits per heavy atom. The van der Waals surface area contributed by atoms with E-state index in [1.54, 1.807) is 27.7 Å². The van der Waals surface area contributed by atoms with Crippen molar-refractivity contribution in [3.63, 3.8) is 0 Å². The fourth-order valence-electron chi connectivity index (χ4n) is 6.47. The summed E-state index contributed by atoms with van der Waals surface area (Å²) in [7, 11) is 0. The number of alkyl halides is 6. The van der Waals surface area contributed by atoms with Gasteiger partial charge in [0, 0.05) is 24.4 Å². The number of halogens is 6. The van der Waals surface area contributed by atoms with Gasteiger partial charge in [0.05, 0.1) is 42.6 Å². The highest BCUT2D eigenvalue weighted by Crippen LogP contribution is 2.42. The Morgan fingerprint density at radius 2 is 1.63 bits per heavy atom. The van der Waals surface area contributed by atoms with E-state index in [9.17, 15) is 50.3 Å². The second-order valence-electron chi connectivity index (χ2n) is 15.1. The summed E-state index contributed by atoms with van der Waals surface area (Å²) in [5.74, 6) is -3.46. The standard InChI is InChI=1S/C35H43F6N5O8/c1-5-6-23(26(47)29(49)42-21-7-8-21)43-28(48)25-15-33(14-24(45-54-33)18-11-19(34(36,37)38)13-20(12-18)35(39,40)41)17-46(25)30(50)27(32(2,3)4)44-31(51)53-22-9-10-52-16-22/h11-14,21-23,25,27,45H,5-10,15-17H2,1-4H3,(H,42,49)(H,43,48)(H,44,51)/t22-,23-,25-,27+,33-/m0/s1. The lowest BCUT2D eigenvalue weighted by molar-refractivity contribution is -0.144. The predicted molar refractivity (Wildman–Crippen MR) is 177 cm³/mol. The number of hydrogen-bond donors (Lipinski definition) is 4. The molecule has 3 aliphatic heterocycles. The number of ketones is 1. The van der Waals surface area contributed by atoms with Gasteiger partial charge >= 0.3 is 18.4 Å². The number of alkyl carbamates (subject to hydrolysis) is 1. The summed E-state index contributed by atoms with van der Waals surface area (Å²) in [6.45, 7) is 6.72.